The number of hydrogen-bond acceptors (Lipinski definition) is 6. The third-order valence-corrected chi connectivity index (χ3v) is 6.12. The van der Waals surface area contributed by atoms with Crippen LogP contribution in [0.2, 0.25) is 5.02 Å². The van der Waals surface area contributed by atoms with Crippen molar-refractivity contribution in [1.82, 2.24) is 10.9 Å². The van der Waals surface area contributed by atoms with Gasteiger partial charge in [-0.25, -0.2) is 10.9 Å². The number of nitrogens with zero attached hydrogens (tertiary/aromatic N) is 2. The van der Waals surface area contributed by atoms with Crippen LogP contribution in [0.1, 0.15) is 37.8 Å². The summed E-state index contributed by atoms with van der Waals surface area (Å²) >= 11 is 6.02. The molecule has 9 heteroatoms. The fourth-order valence-corrected chi connectivity index (χ4v) is 4.06. The summed E-state index contributed by atoms with van der Waals surface area (Å²) in [4.78, 5) is 25.6. The van der Waals surface area contributed by atoms with Gasteiger partial charge in [0.05, 0.1) is 6.21 Å². The molecular formula is C28H21ClN4O4. The average Bonchev–Trinajstić information content (AvgIpc) is 3.43. The molecule has 5 rings (SSSR count). The molecule has 3 aromatic carbocycles. The number of halogens is 1. The summed E-state index contributed by atoms with van der Waals surface area (Å²) in [5, 5.41) is 10.5. The molecule has 0 aliphatic carbocycles. The molecule has 37 heavy (non-hydrogen) atoms. The lowest BCUT2D eigenvalue weighted by Crippen LogP contribution is -2.22. The number of nitrogens with one attached hydrogen (secondary N) is 2. The molecule has 0 atom stereocenters. The van der Waals surface area contributed by atoms with Gasteiger partial charge in [0.25, 0.3) is 0 Å². The number of hydrogen-bond donors (Lipinski definition) is 2. The second-order valence-electron chi connectivity index (χ2n) is 8.25. The Kier molecular flexibility index (Phi) is 6.57. The summed E-state index contributed by atoms with van der Waals surface area (Å²) in [5.74, 6) is -0.708. The molecular weight excluding hydrogens is 492 g/mol. The highest BCUT2D eigenvalue weighted by atomic mass is 35.5. The van der Waals surface area contributed by atoms with E-state index < -0.39 is 11.8 Å². The number of hydrazone groups is 2. The lowest BCUT2D eigenvalue weighted by molar-refractivity contribution is 0.0921. The molecule has 0 spiro atoms. The molecule has 2 amide bonds. The minimum Gasteiger partial charge on any atom is -0.451 e. The van der Waals surface area contributed by atoms with Crippen molar-refractivity contribution in [3.63, 3.8) is 0 Å². The van der Waals surface area contributed by atoms with Crippen molar-refractivity contribution in [1.29, 1.82) is 0 Å². The largest absolute Gasteiger partial charge is 0.451 e. The Morgan fingerprint density at radius 1 is 0.757 bits per heavy atom. The van der Waals surface area contributed by atoms with Gasteiger partial charge in [0.2, 0.25) is 0 Å². The third-order valence-electron chi connectivity index (χ3n) is 5.87. The van der Waals surface area contributed by atoms with Gasteiger partial charge in [-0.1, -0.05) is 60.1 Å². The highest BCUT2D eigenvalue weighted by molar-refractivity contribution is 6.38. The normalized spacial score (nSPS) is 11.9. The Morgan fingerprint density at radius 3 is 1.81 bits per heavy atom. The van der Waals surface area contributed by atoms with E-state index in [4.69, 9.17) is 20.4 Å². The zero-order valence-corrected chi connectivity index (χ0v) is 20.7. The smallest absolute Gasteiger partial charge is 0.307 e. The van der Waals surface area contributed by atoms with Crippen molar-refractivity contribution < 1.29 is 18.4 Å². The van der Waals surface area contributed by atoms with Crippen molar-refractivity contribution >= 4 is 57.3 Å². The van der Waals surface area contributed by atoms with Crippen LogP contribution in [-0.4, -0.2) is 23.7 Å². The second-order valence-corrected chi connectivity index (χ2v) is 8.69. The maximum atomic E-state index is 12.9. The molecule has 0 bridgehead atoms. The SMILES string of the molecule is Cc1c(C(=O)N/N=C(\C=N\NC(=O)c2oc3ccccc3c2C)c2ccc(Cl)cc2)oc2ccccc12. The van der Waals surface area contributed by atoms with Crippen LogP contribution in [0.15, 0.2) is 91.8 Å². The first-order valence-corrected chi connectivity index (χ1v) is 11.7. The third kappa shape index (κ3) is 4.87. The van der Waals surface area contributed by atoms with Crippen molar-refractivity contribution in [2.75, 3.05) is 0 Å². The van der Waals surface area contributed by atoms with E-state index in [2.05, 4.69) is 21.1 Å². The monoisotopic (exact) mass is 512 g/mol. The minimum atomic E-state index is -0.518. The highest BCUT2D eigenvalue weighted by Gasteiger charge is 2.18. The molecule has 2 aromatic heterocycles. The van der Waals surface area contributed by atoms with Gasteiger partial charge in [-0.05, 0) is 38.1 Å². The Morgan fingerprint density at radius 2 is 1.27 bits per heavy atom. The van der Waals surface area contributed by atoms with Gasteiger partial charge in [-0.2, -0.15) is 10.2 Å². The Bertz CT molecular complexity index is 1700. The van der Waals surface area contributed by atoms with Crippen LogP contribution in [0.3, 0.4) is 0 Å². The standard InChI is InChI=1S/C28H21ClN4O4/c1-16-20-7-3-5-9-23(20)36-25(16)27(34)32-30-15-22(18-11-13-19(29)14-12-18)31-33-28(35)26-17(2)21-8-4-6-10-24(21)37-26/h3-15H,1-2H3,(H,32,34)(H,33,35)/b30-15+,31-22+. The van der Waals surface area contributed by atoms with Gasteiger partial charge < -0.3 is 8.83 Å². The molecule has 0 aliphatic heterocycles. The Balaban J connectivity index is 1.38. The van der Waals surface area contributed by atoms with Crippen LogP contribution in [0.5, 0.6) is 0 Å². The van der Waals surface area contributed by atoms with Crippen LogP contribution in [0.4, 0.5) is 0 Å². The molecule has 2 N–H and O–H groups in total. The van der Waals surface area contributed by atoms with E-state index >= 15 is 0 Å². The van der Waals surface area contributed by atoms with Gasteiger partial charge in [-0.15, -0.1) is 0 Å². The predicted molar refractivity (Wildman–Crippen MR) is 143 cm³/mol. The number of amides is 2. The van der Waals surface area contributed by atoms with E-state index in [0.29, 0.717) is 32.9 Å². The lowest BCUT2D eigenvalue weighted by atomic mass is 10.1. The summed E-state index contributed by atoms with van der Waals surface area (Å²) in [7, 11) is 0. The number of carbonyl (C=O) groups excluding carboxylic acids is 2. The average molecular weight is 513 g/mol. The summed E-state index contributed by atoms with van der Waals surface area (Å²) in [6.07, 6.45) is 1.32. The first-order valence-electron chi connectivity index (χ1n) is 11.4. The van der Waals surface area contributed by atoms with Gasteiger partial charge >= 0.3 is 11.8 Å². The van der Waals surface area contributed by atoms with Crippen LogP contribution in [-0.2, 0) is 0 Å². The molecule has 5 aromatic rings. The lowest BCUT2D eigenvalue weighted by Gasteiger charge is -2.04. The van der Waals surface area contributed by atoms with Crippen molar-refractivity contribution in [2.24, 2.45) is 10.2 Å². The molecule has 0 saturated carbocycles. The van der Waals surface area contributed by atoms with Gasteiger partial charge in [-0.3, -0.25) is 9.59 Å². The van der Waals surface area contributed by atoms with Crippen LogP contribution >= 0.6 is 11.6 Å². The Labute approximate surface area is 216 Å². The van der Waals surface area contributed by atoms with Crippen molar-refractivity contribution in [2.45, 2.75) is 13.8 Å². The molecule has 0 unspecified atom stereocenters. The maximum Gasteiger partial charge on any atom is 0.307 e. The summed E-state index contributed by atoms with van der Waals surface area (Å²) in [6, 6.07) is 21.6. The zero-order chi connectivity index (χ0) is 25.9. The summed E-state index contributed by atoms with van der Waals surface area (Å²) < 4.78 is 11.4. The molecule has 8 nitrogen and oxygen atoms in total. The van der Waals surface area contributed by atoms with E-state index in [1.165, 1.54) is 6.21 Å². The maximum absolute atomic E-state index is 12.9. The van der Waals surface area contributed by atoms with Gasteiger partial charge in [0, 0.05) is 32.5 Å². The fourth-order valence-electron chi connectivity index (χ4n) is 3.93. The number of para-hydroxylation sites is 2. The molecule has 0 radical (unpaired) electrons. The fraction of sp³-hybridized carbons (Fsp3) is 0.0714. The number of aryl methyl sites for hydroxylation is 2. The van der Waals surface area contributed by atoms with Gasteiger partial charge in [0.15, 0.2) is 11.5 Å². The first-order chi connectivity index (χ1) is 17.9. The van der Waals surface area contributed by atoms with E-state index in [-0.39, 0.29) is 17.2 Å². The van der Waals surface area contributed by atoms with Crippen LogP contribution in [0, 0.1) is 13.8 Å². The second kappa shape index (κ2) is 10.1. The number of benzene rings is 3. The van der Waals surface area contributed by atoms with Crippen molar-refractivity contribution in [3.05, 3.63) is 106 Å². The van der Waals surface area contributed by atoms with E-state index in [0.717, 1.165) is 10.8 Å². The zero-order valence-electron chi connectivity index (χ0n) is 19.9. The van der Waals surface area contributed by atoms with E-state index in [9.17, 15) is 9.59 Å². The van der Waals surface area contributed by atoms with Crippen LogP contribution < -0.4 is 10.9 Å². The predicted octanol–water partition coefficient (Wildman–Crippen LogP) is 6.00. The quantitative estimate of drug-likeness (QED) is 0.215. The van der Waals surface area contributed by atoms with E-state index in [1.807, 2.05) is 43.3 Å². The van der Waals surface area contributed by atoms with Crippen LogP contribution in [0.25, 0.3) is 21.9 Å². The summed E-state index contributed by atoms with van der Waals surface area (Å²) in [5.41, 5.74) is 8.50. The minimum absolute atomic E-state index is 0.158. The highest BCUT2D eigenvalue weighted by Crippen LogP contribution is 2.25. The van der Waals surface area contributed by atoms with Crippen molar-refractivity contribution in [3.8, 4) is 0 Å². The number of fused-ring (bicyclic) bond motifs is 2. The molecule has 2 heterocycles. The topological polar surface area (TPSA) is 109 Å². The first kappa shape index (κ1) is 24.0. The summed E-state index contributed by atoms with van der Waals surface area (Å²) in [6.45, 7) is 3.61. The number of furan rings is 2. The van der Waals surface area contributed by atoms with E-state index in [1.54, 1.807) is 43.3 Å². The molecule has 0 fully saturated rings. The number of carbonyl (C=O) groups is 2. The molecule has 0 saturated heterocycles. The Hall–Kier alpha value is -4.69. The molecule has 184 valence electrons. The number of rotatable bonds is 6. The van der Waals surface area contributed by atoms with Gasteiger partial charge in [0.1, 0.15) is 16.9 Å². The molecule has 0 aliphatic rings.